The summed E-state index contributed by atoms with van der Waals surface area (Å²) in [5.74, 6) is -1.89. The van der Waals surface area contributed by atoms with E-state index in [4.69, 9.17) is 5.11 Å². The van der Waals surface area contributed by atoms with Crippen LogP contribution in [-0.2, 0) is 0 Å². The first-order chi connectivity index (χ1) is 7.63. The van der Waals surface area contributed by atoms with Gasteiger partial charge in [0.1, 0.15) is 5.82 Å². The van der Waals surface area contributed by atoms with E-state index in [0.29, 0.717) is 6.04 Å². The topological polar surface area (TPSA) is 40.5 Å². The lowest BCUT2D eigenvalue weighted by molar-refractivity contribution is 0.0692. The molecule has 2 rings (SSSR count). The van der Waals surface area contributed by atoms with Crippen LogP contribution in [0.2, 0.25) is 0 Å². The molecular formula is C12H14FNO2. The zero-order valence-corrected chi connectivity index (χ0v) is 9.11. The Balaban J connectivity index is 2.28. The van der Waals surface area contributed by atoms with Crippen LogP contribution in [0.5, 0.6) is 0 Å². The minimum absolute atomic E-state index is 0.268. The number of rotatable bonds is 4. The Morgan fingerprint density at radius 2 is 2.25 bits per heavy atom. The minimum atomic E-state index is -1.22. The Bertz CT molecular complexity index is 415. The summed E-state index contributed by atoms with van der Waals surface area (Å²) in [7, 11) is 0. The number of halogens is 1. The number of hydrogen-bond acceptors (Lipinski definition) is 2. The van der Waals surface area contributed by atoms with Gasteiger partial charge in [-0.3, -0.25) is 0 Å². The van der Waals surface area contributed by atoms with Crippen molar-refractivity contribution in [3.05, 3.63) is 29.6 Å². The van der Waals surface area contributed by atoms with E-state index in [0.717, 1.165) is 25.1 Å². The van der Waals surface area contributed by atoms with E-state index in [2.05, 4.69) is 4.90 Å². The molecule has 1 saturated carbocycles. The van der Waals surface area contributed by atoms with Crippen LogP contribution in [-0.4, -0.2) is 23.7 Å². The van der Waals surface area contributed by atoms with Crippen molar-refractivity contribution in [3.63, 3.8) is 0 Å². The summed E-state index contributed by atoms with van der Waals surface area (Å²) in [4.78, 5) is 12.8. The molecule has 0 unspecified atom stereocenters. The van der Waals surface area contributed by atoms with Crippen molar-refractivity contribution in [2.75, 3.05) is 11.4 Å². The van der Waals surface area contributed by atoms with Crippen LogP contribution in [0.15, 0.2) is 18.2 Å². The van der Waals surface area contributed by atoms with Gasteiger partial charge in [0, 0.05) is 18.3 Å². The fourth-order valence-corrected chi connectivity index (χ4v) is 1.89. The van der Waals surface area contributed by atoms with Crippen molar-refractivity contribution < 1.29 is 14.3 Å². The number of carbonyl (C=O) groups is 1. The maximum Gasteiger partial charge on any atom is 0.338 e. The molecule has 86 valence electrons. The molecule has 0 atom stereocenters. The average molecular weight is 223 g/mol. The minimum Gasteiger partial charge on any atom is -0.478 e. The lowest BCUT2D eigenvalue weighted by atomic mass is 10.2. The predicted molar refractivity (Wildman–Crippen MR) is 59.4 cm³/mol. The van der Waals surface area contributed by atoms with E-state index in [-0.39, 0.29) is 5.56 Å². The van der Waals surface area contributed by atoms with Gasteiger partial charge in [0.15, 0.2) is 0 Å². The lowest BCUT2D eigenvalue weighted by Gasteiger charge is -2.22. The summed E-state index contributed by atoms with van der Waals surface area (Å²) in [6.45, 7) is 2.83. The first-order valence-electron chi connectivity index (χ1n) is 5.43. The molecule has 1 aliphatic carbocycles. The van der Waals surface area contributed by atoms with E-state index >= 15 is 0 Å². The van der Waals surface area contributed by atoms with Gasteiger partial charge in [-0.1, -0.05) is 0 Å². The molecule has 0 amide bonds. The Kier molecular flexibility index (Phi) is 2.81. The van der Waals surface area contributed by atoms with E-state index in [1.807, 2.05) is 6.92 Å². The molecule has 0 bridgehead atoms. The van der Waals surface area contributed by atoms with Crippen molar-refractivity contribution in [3.8, 4) is 0 Å². The van der Waals surface area contributed by atoms with Crippen molar-refractivity contribution >= 4 is 11.7 Å². The third-order valence-electron chi connectivity index (χ3n) is 2.84. The monoisotopic (exact) mass is 223 g/mol. The second-order valence-electron chi connectivity index (χ2n) is 3.99. The molecule has 0 heterocycles. The molecule has 0 spiro atoms. The Morgan fingerprint density at radius 1 is 1.56 bits per heavy atom. The Labute approximate surface area is 93.5 Å². The largest absolute Gasteiger partial charge is 0.478 e. The van der Waals surface area contributed by atoms with Gasteiger partial charge in [-0.05, 0) is 38.0 Å². The lowest BCUT2D eigenvalue weighted by Crippen LogP contribution is -2.25. The highest BCUT2D eigenvalue weighted by Crippen LogP contribution is 2.32. The molecule has 1 aromatic rings. The van der Waals surface area contributed by atoms with Gasteiger partial charge in [0.25, 0.3) is 0 Å². The highest BCUT2D eigenvalue weighted by molar-refractivity contribution is 5.88. The van der Waals surface area contributed by atoms with Crippen LogP contribution < -0.4 is 4.90 Å². The maximum atomic E-state index is 13.5. The summed E-state index contributed by atoms with van der Waals surface area (Å²) in [5, 5.41) is 8.72. The molecule has 0 aliphatic heterocycles. The number of hydrogen-bond donors (Lipinski definition) is 1. The number of benzene rings is 1. The third-order valence-corrected chi connectivity index (χ3v) is 2.84. The highest BCUT2D eigenvalue weighted by atomic mass is 19.1. The van der Waals surface area contributed by atoms with Crippen LogP contribution in [0.25, 0.3) is 0 Å². The predicted octanol–water partition coefficient (Wildman–Crippen LogP) is 2.51. The molecule has 1 aromatic carbocycles. The Morgan fingerprint density at radius 3 is 2.69 bits per heavy atom. The first-order valence-corrected chi connectivity index (χ1v) is 5.43. The third kappa shape index (κ3) is 2.01. The zero-order chi connectivity index (χ0) is 11.7. The van der Waals surface area contributed by atoms with Gasteiger partial charge in [0.2, 0.25) is 0 Å². The SMILES string of the molecule is CCN(c1ccc(C(=O)O)c(F)c1)C1CC1. The van der Waals surface area contributed by atoms with Crippen molar-refractivity contribution in [1.82, 2.24) is 0 Å². The van der Waals surface area contributed by atoms with E-state index < -0.39 is 11.8 Å². The summed E-state index contributed by atoms with van der Waals surface area (Å²) in [6.07, 6.45) is 2.27. The maximum absolute atomic E-state index is 13.5. The molecule has 0 radical (unpaired) electrons. The van der Waals surface area contributed by atoms with Gasteiger partial charge < -0.3 is 10.0 Å². The van der Waals surface area contributed by atoms with Crippen LogP contribution in [0.3, 0.4) is 0 Å². The molecule has 0 saturated heterocycles. The van der Waals surface area contributed by atoms with Crippen molar-refractivity contribution in [2.24, 2.45) is 0 Å². The fraction of sp³-hybridized carbons (Fsp3) is 0.417. The highest BCUT2D eigenvalue weighted by Gasteiger charge is 2.28. The normalized spacial score (nSPS) is 14.9. The summed E-state index contributed by atoms with van der Waals surface area (Å²) in [6, 6.07) is 4.82. The molecule has 1 aliphatic rings. The standard InChI is InChI=1S/C12H14FNO2/c1-2-14(8-3-4-8)9-5-6-10(12(15)16)11(13)7-9/h5-8H,2-4H2,1H3,(H,15,16). The molecule has 1 N–H and O–H groups in total. The van der Waals surface area contributed by atoms with Gasteiger partial charge >= 0.3 is 5.97 Å². The van der Waals surface area contributed by atoms with Crippen molar-refractivity contribution in [1.29, 1.82) is 0 Å². The number of carboxylic acids is 1. The quantitative estimate of drug-likeness (QED) is 0.852. The van der Waals surface area contributed by atoms with Gasteiger partial charge in [0.05, 0.1) is 5.56 Å². The summed E-state index contributed by atoms with van der Waals surface area (Å²) >= 11 is 0. The second kappa shape index (κ2) is 4.12. The van der Waals surface area contributed by atoms with Crippen molar-refractivity contribution in [2.45, 2.75) is 25.8 Å². The van der Waals surface area contributed by atoms with Crippen LogP contribution in [0.1, 0.15) is 30.1 Å². The van der Waals surface area contributed by atoms with E-state index in [9.17, 15) is 9.18 Å². The number of carboxylic acid groups (broad SMARTS) is 1. The molecule has 4 heteroatoms. The molecule has 16 heavy (non-hydrogen) atoms. The molecule has 0 aromatic heterocycles. The summed E-state index contributed by atoms with van der Waals surface area (Å²) < 4.78 is 13.5. The number of anilines is 1. The first kappa shape index (κ1) is 10.9. The number of aromatic carboxylic acids is 1. The second-order valence-corrected chi connectivity index (χ2v) is 3.99. The summed E-state index contributed by atoms with van der Waals surface area (Å²) in [5.41, 5.74) is 0.503. The molecule has 3 nitrogen and oxygen atoms in total. The zero-order valence-electron chi connectivity index (χ0n) is 9.11. The fourth-order valence-electron chi connectivity index (χ4n) is 1.89. The Hall–Kier alpha value is -1.58. The van der Waals surface area contributed by atoms with Crippen LogP contribution in [0.4, 0.5) is 10.1 Å². The van der Waals surface area contributed by atoms with Gasteiger partial charge in [-0.2, -0.15) is 0 Å². The smallest absolute Gasteiger partial charge is 0.338 e. The molecule has 1 fully saturated rings. The molecular weight excluding hydrogens is 209 g/mol. The average Bonchev–Trinajstić information content (AvgIpc) is 3.02. The van der Waals surface area contributed by atoms with Gasteiger partial charge in [-0.15, -0.1) is 0 Å². The van der Waals surface area contributed by atoms with Crippen LogP contribution in [0, 0.1) is 5.82 Å². The van der Waals surface area contributed by atoms with Crippen LogP contribution >= 0.6 is 0 Å². The number of nitrogens with zero attached hydrogens (tertiary/aromatic N) is 1. The van der Waals surface area contributed by atoms with E-state index in [1.54, 1.807) is 6.07 Å². The van der Waals surface area contributed by atoms with Gasteiger partial charge in [-0.25, -0.2) is 9.18 Å². The van der Waals surface area contributed by atoms with E-state index in [1.165, 1.54) is 12.1 Å².